The Bertz CT molecular complexity index is 214. The minimum Gasteiger partial charge on any atom is -0.444 e. The van der Waals surface area contributed by atoms with Crippen LogP contribution >= 0.6 is 0 Å². The molecule has 0 radical (unpaired) electrons. The van der Waals surface area contributed by atoms with Crippen LogP contribution in [-0.2, 0) is 4.74 Å². The molecule has 0 aliphatic rings. The normalized spacial score (nSPS) is 11.4. The summed E-state index contributed by atoms with van der Waals surface area (Å²) in [6, 6.07) is 0. The van der Waals surface area contributed by atoms with Crippen molar-refractivity contribution in [2.45, 2.75) is 45.6 Å². The maximum atomic E-state index is 11.8. The second-order valence-electron chi connectivity index (χ2n) is 5.11. The van der Waals surface area contributed by atoms with E-state index in [-0.39, 0.29) is 6.09 Å². The lowest BCUT2D eigenvalue weighted by atomic mass is 10.2. The van der Waals surface area contributed by atoms with Gasteiger partial charge in [-0.3, -0.25) is 0 Å². The quantitative estimate of drug-likeness (QED) is 0.663. The fourth-order valence-corrected chi connectivity index (χ4v) is 1.40. The summed E-state index contributed by atoms with van der Waals surface area (Å²) >= 11 is 0. The van der Waals surface area contributed by atoms with Gasteiger partial charge in [-0.1, -0.05) is 6.42 Å². The average molecular weight is 245 g/mol. The first kappa shape index (κ1) is 16.2. The van der Waals surface area contributed by atoms with Gasteiger partial charge in [-0.05, 0) is 40.2 Å². The van der Waals surface area contributed by atoms with Crippen LogP contribution < -0.4 is 11.5 Å². The minimum absolute atomic E-state index is 0.282. The molecule has 0 unspecified atom stereocenters. The number of ether oxygens (including phenoxy) is 1. The van der Waals surface area contributed by atoms with Crippen LogP contribution in [0.3, 0.4) is 0 Å². The molecule has 5 heteroatoms. The summed E-state index contributed by atoms with van der Waals surface area (Å²) in [7, 11) is 0. The fourth-order valence-electron chi connectivity index (χ4n) is 1.40. The van der Waals surface area contributed by atoms with E-state index in [0.29, 0.717) is 26.2 Å². The molecule has 0 atom stereocenters. The van der Waals surface area contributed by atoms with Gasteiger partial charge in [-0.2, -0.15) is 0 Å². The molecule has 0 aliphatic carbocycles. The molecule has 17 heavy (non-hydrogen) atoms. The van der Waals surface area contributed by atoms with E-state index in [1.165, 1.54) is 0 Å². The molecule has 0 aromatic carbocycles. The van der Waals surface area contributed by atoms with Crippen LogP contribution in [0.1, 0.15) is 40.0 Å². The molecule has 0 rings (SSSR count). The fraction of sp³-hybridized carbons (Fsp3) is 0.917. The smallest absolute Gasteiger partial charge is 0.410 e. The van der Waals surface area contributed by atoms with Gasteiger partial charge < -0.3 is 21.1 Å². The van der Waals surface area contributed by atoms with E-state index in [2.05, 4.69) is 0 Å². The zero-order chi connectivity index (χ0) is 13.3. The van der Waals surface area contributed by atoms with Crippen LogP contribution in [0.2, 0.25) is 0 Å². The van der Waals surface area contributed by atoms with E-state index in [1.807, 2.05) is 20.8 Å². The lowest BCUT2D eigenvalue weighted by molar-refractivity contribution is 0.0252. The summed E-state index contributed by atoms with van der Waals surface area (Å²) in [6.45, 7) is 7.96. The molecule has 0 saturated heterocycles. The topological polar surface area (TPSA) is 81.6 Å². The van der Waals surface area contributed by atoms with Gasteiger partial charge in [-0.25, -0.2) is 4.79 Å². The number of rotatable bonds is 7. The van der Waals surface area contributed by atoms with E-state index in [1.54, 1.807) is 4.90 Å². The molecule has 0 fully saturated rings. The van der Waals surface area contributed by atoms with Crippen molar-refractivity contribution >= 4 is 6.09 Å². The van der Waals surface area contributed by atoms with Crippen LogP contribution in [0.15, 0.2) is 0 Å². The van der Waals surface area contributed by atoms with Gasteiger partial charge in [0.05, 0.1) is 0 Å². The molecule has 5 nitrogen and oxygen atoms in total. The summed E-state index contributed by atoms with van der Waals surface area (Å²) < 4.78 is 5.32. The zero-order valence-electron chi connectivity index (χ0n) is 11.4. The highest BCUT2D eigenvalue weighted by Crippen LogP contribution is 2.10. The van der Waals surface area contributed by atoms with Crippen molar-refractivity contribution in [3.63, 3.8) is 0 Å². The molecule has 0 spiro atoms. The highest BCUT2D eigenvalue weighted by Gasteiger charge is 2.21. The van der Waals surface area contributed by atoms with Gasteiger partial charge in [0.1, 0.15) is 5.60 Å². The molecule has 0 heterocycles. The second kappa shape index (κ2) is 8.31. The predicted octanol–water partition coefficient (Wildman–Crippen LogP) is 1.31. The average Bonchev–Trinajstić information content (AvgIpc) is 2.20. The highest BCUT2D eigenvalue weighted by atomic mass is 16.6. The van der Waals surface area contributed by atoms with Crippen LogP contribution in [0.5, 0.6) is 0 Å². The van der Waals surface area contributed by atoms with Gasteiger partial charge in [0.15, 0.2) is 0 Å². The van der Waals surface area contributed by atoms with Crippen molar-refractivity contribution in [1.82, 2.24) is 4.90 Å². The van der Waals surface area contributed by atoms with Crippen molar-refractivity contribution < 1.29 is 9.53 Å². The van der Waals surface area contributed by atoms with Crippen LogP contribution in [0.4, 0.5) is 4.79 Å². The summed E-state index contributed by atoms with van der Waals surface area (Å²) in [6.07, 6.45) is 2.68. The Kier molecular flexibility index (Phi) is 7.91. The Labute approximate surface area is 104 Å². The molecular formula is C12H27N3O2. The van der Waals surface area contributed by atoms with Crippen LogP contribution in [0, 0.1) is 0 Å². The van der Waals surface area contributed by atoms with Crippen LogP contribution in [0.25, 0.3) is 0 Å². The van der Waals surface area contributed by atoms with Gasteiger partial charge in [0.2, 0.25) is 0 Å². The third-order valence-electron chi connectivity index (χ3n) is 2.18. The Morgan fingerprint density at radius 2 is 1.71 bits per heavy atom. The Morgan fingerprint density at radius 1 is 1.06 bits per heavy atom. The highest BCUT2D eigenvalue weighted by molar-refractivity contribution is 5.68. The molecule has 4 N–H and O–H groups in total. The van der Waals surface area contributed by atoms with Crippen molar-refractivity contribution in [3.05, 3.63) is 0 Å². The van der Waals surface area contributed by atoms with Crippen molar-refractivity contribution in [1.29, 1.82) is 0 Å². The molecule has 102 valence electrons. The lowest BCUT2D eigenvalue weighted by Crippen LogP contribution is -2.40. The number of hydrogen-bond acceptors (Lipinski definition) is 4. The number of hydrogen-bond donors (Lipinski definition) is 2. The number of carbonyl (C=O) groups is 1. The Hall–Kier alpha value is -0.810. The van der Waals surface area contributed by atoms with Crippen molar-refractivity contribution in [3.8, 4) is 0 Å². The zero-order valence-corrected chi connectivity index (χ0v) is 11.4. The summed E-state index contributed by atoms with van der Waals surface area (Å²) in [5.74, 6) is 0. The lowest BCUT2D eigenvalue weighted by Gasteiger charge is -2.27. The molecule has 0 aliphatic heterocycles. The number of unbranched alkanes of at least 4 members (excludes halogenated alkanes) is 2. The maximum absolute atomic E-state index is 11.8. The molecule has 0 aromatic rings. The number of nitrogens with zero attached hydrogens (tertiary/aromatic N) is 1. The standard InChI is InChI=1S/C12H27N3O2/c1-12(2,3)17-11(16)15(10-8-14)9-6-4-5-7-13/h4-10,13-14H2,1-3H3. The maximum Gasteiger partial charge on any atom is 0.410 e. The van der Waals surface area contributed by atoms with E-state index < -0.39 is 5.60 Å². The third-order valence-corrected chi connectivity index (χ3v) is 2.18. The van der Waals surface area contributed by atoms with E-state index in [4.69, 9.17) is 16.2 Å². The number of nitrogens with two attached hydrogens (primary N) is 2. The van der Waals surface area contributed by atoms with Gasteiger partial charge in [0.25, 0.3) is 0 Å². The van der Waals surface area contributed by atoms with Crippen molar-refractivity contribution in [2.75, 3.05) is 26.2 Å². The van der Waals surface area contributed by atoms with Crippen LogP contribution in [-0.4, -0.2) is 42.8 Å². The van der Waals surface area contributed by atoms with E-state index >= 15 is 0 Å². The number of amides is 1. The summed E-state index contributed by atoms with van der Waals surface area (Å²) in [4.78, 5) is 13.5. The summed E-state index contributed by atoms with van der Waals surface area (Å²) in [5.41, 5.74) is 10.5. The Morgan fingerprint density at radius 3 is 2.18 bits per heavy atom. The minimum atomic E-state index is -0.457. The number of carbonyl (C=O) groups excluding carboxylic acids is 1. The second-order valence-corrected chi connectivity index (χ2v) is 5.11. The summed E-state index contributed by atoms with van der Waals surface area (Å²) in [5, 5.41) is 0. The predicted molar refractivity (Wildman–Crippen MR) is 69.8 cm³/mol. The molecule has 0 bridgehead atoms. The monoisotopic (exact) mass is 245 g/mol. The van der Waals surface area contributed by atoms with Crippen molar-refractivity contribution in [2.24, 2.45) is 11.5 Å². The first-order valence-corrected chi connectivity index (χ1v) is 6.28. The molecular weight excluding hydrogens is 218 g/mol. The molecule has 0 aromatic heterocycles. The van der Waals surface area contributed by atoms with E-state index in [0.717, 1.165) is 19.3 Å². The third kappa shape index (κ3) is 8.94. The van der Waals surface area contributed by atoms with E-state index in [9.17, 15) is 4.79 Å². The molecule has 0 saturated carbocycles. The first-order valence-electron chi connectivity index (χ1n) is 6.28. The largest absolute Gasteiger partial charge is 0.444 e. The first-order chi connectivity index (χ1) is 7.90. The van der Waals surface area contributed by atoms with Gasteiger partial charge in [-0.15, -0.1) is 0 Å². The SMILES string of the molecule is CC(C)(C)OC(=O)N(CCN)CCCCCN. The van der Waals surface area contributed by atoms with Gasteiger partial charge >= 0.3 is 6.09 Å². The van der Waals surface area contributed by atoms with Gasteiger partial charge in [0, 0.05) is 19.6 Å². The Balaban J connectivity index is 4.07. The molecule has 1 amide bonds.